The monoisotopic (exact) mass is 260 g/mol. The van der Waals surface area contributed by atoms with Crippen molar-refractivity contribution >= 4 is 17.5 Å². The summed E-state index contributed by atoms with van der Waals surface area (Å²) < 4.78 is 0. The molecule has 92 valence electrons. The molecular formula is C14H13ClN2O. The molecule has 1 atom stereocenters. The maximum Gasteiger partial charge on any atom is 0.254 e. The topological polar surface area (TPSA) is 42.0 Å². The number of hydrogen-bond acceptors (Lipinski definition) is 2. The van der Waals surface area contributed by atoms with Crippen LogP contribution in [0.15, 0.2) is 48.8 Å². The summed E-state index contributed by atoms with van der Waals surface area (Å²) >= 11 is 5.95. The standard InChI is InChI=1S/C14H13ClN2O/c1-10(11-5-3-2-4-6-11)17-14(18)12-9-16-8-7-13(12)15/h2-10H,1H3,(H,17,18)/t10-/m1/s1. The van der Waals surface area contributed by atoms with Crippen molar-refractivity contribution in [3.8, 4) is 0 Å². The van der Waals surface area contributed by atoms with Crippen LogP contribution in [0.25, 0.3) is 0 Å². The quantitative estimate of drug-likeness (QED) is 0.921. The van der Waals surface area contributed by atoms with E-state index in [1.807, 2.05) is 37.3 Å². The van der Waals surface area contributed by atoms with Gasteiger partial charge in [0.25, 0.3) is 5.91 Å². The Hall–Kier alpha value is -1.87. The number of nitrogens with zero attached hydrogens (tertiary/aromatic N) is 1. The molecule has 0 fully saturated rings. The molecule has 0 bridgehead atoms. The first-order chi connectivity index (χ1) is 8.68. The number of pyridine rings is 1. The molecule has 0 aliphatic rings. The molecule has 4 heteroatoms. The van der Waals surface area contributed by atoms with Gasteiger partial charge in [0.15, 0.2) is 0 Å². The number of hydrogen-bond donors (Lipinski definition) is 1. The molecule has 0 aliphatic carbocycles. The lowest BCUT2D eigenvalue weighted by atomic mass is 10.1. The van der Waals surface area contributed by atoms with E-state index in [2.05, 4.69) is 10.3 Å². The number of rotatable bonds is 3. The lowest BCUT2D eigenvalue weighted by Crippen LogP contribution is -2.26. The number of halogens is 1. The average molecular weight is 261 g/mol. The van der Waals surface area contributed by atoms with Crippen LogP contribution in [0, 0.1) is 0 Å². The molecule has 1 amide bonds. The van der Waals surface area contributed by atoms with Gasteiger partial charge in [0, 0.05) is 12.4 Å². The van der Waals surface area contributed by atoms with Crippen molar-refractivity contribution in [1.29, 1.82) is 0 Å². The molecule has 18 heavy (non-hydrogen) atoms. The van der Waals surface area contributed by atoms with Gasteiger partial charge in [0.1, 0.15) is 0 Å². The molecule has 2 rings (SSSR count). The highest BCUT2D eigenvalue weighted by Crippen LogP contribution is 2.16. The highest BCUT2D eigenvalue weighted by Gasteiger charge is 2.13. The second-order valence-electron chi connectivity index (χ2n) is 3.96. The van der Waals surface area contributed by atoms with Crippen LogP contribution < -0.4 is 5.32 Å². The maximum absolute atomic E-state index is 12.0. The zero-order valence-electron chi connectivity index (χ0n) is 9.93. The zero-order chi connectivity index (χ0) is 13.0. The molecule has 0 aliphatic heterocycles. The van der Waals surface area contributed by atoms with Gasteiger partial charge in [0.2, 0.25) is 0 Å². The van der Waals surface area contributed by atoms with Gasteiger partial charge in [-0.05, 0) is 18.6 Å². The van der Waals surface area contributed by atoms with Gasteiger partial charge in [0.05, 0.1) is 16.6 Å². The van der Waals surface area contributed by atoms with E-state index in [1.54, 1.807) is 12.3 Å². The van der Waals surface area contributed by atoms with Crippen LogP contribution in [0.3, 0.4) is 0 Å². The van der Waals surface area contributed by atoms with Crippen LogP contribution in [-0.4, -0.2) is 10.9 Å². The van der Waals surface area contributed by atoms with Crippen LogP contribution in [-0.2, 0) is 0 Å². The summed E-state index contributed by atoms with van der Waals surface area (Å²) in [6.07, 6.45) is 3.02. The van der Waals surface area contributed by atoms with Gasteiger partial charge in [-0.25, -0.2) is 0 Å². The summed E-state index contributed by atoms with van der Waals surface area (Å²) in [5, 5.41) is 3.30. The predicted molar refractivity (Wildman–Crippen MR) is 71.6 cm³/mol. The summed E-state index contributed by atoms with van der Waals surface area (Å²) in [7, 11) is 0. The summed E-state index contributed by atoms with van der Waals surface area (Å²) in [6, 6.07) is 11.3. The first-order valence-electron chi connectivity index (χ1n) is 5.64. The van der Waals surface area contributed by atoms with Crippen molar-refractivity contribution in [3.63, 3.8) is 0 Å². The summed E-state index contributed by atoms with van der Waals surface area (Å²) in [5.74, 6) is -0.218. The third kappa shape index (κ3) is 2.87. The largest absolute Gasteiger partial charge is 0.345 e. The third-order valence-electron chi connectivity index (χ3n) is 2.66. The third-order valence-corrected chi connectivity index (χ3v) is 2.99. The second kappa shape index (κ2) is 5.65. The molecule has 1 aromatic carbocycles. The Balaban J connectivity index is 2.11. The predicted octanol–water partition coefficient (Wildman–Crippen LogP) is 3.23. The van der Waals surface area contributed by atoms with Crippen LogP contribution in [0.5, 0.6) is 0 Å². The minimum absolute atomic E-state index is 0.0741. The Labute approximate surface area is 111 Å². The van der Waals surface area contributed by atoms with E-state index in [4.69, 9.17) is 11.6 Å². The van der Waals surface area contributed by atoms with Gasteiger partial charge in [-0.2, -0.15) is 0 Å². The van der Waals surface area contributed by atoms with Crippen molar-refractivity contribution in [2.75, 3.05) is 0 Å². The lowest BCUT2D eigenvalue weighted by molar-refractivity contribution is 0.0939. The Bertz CT molecular complexity index is 543. The Kier molecular flexibility index (Phi) is 3.95. The van der Waals surface area contributed by atoms with E-state index in [-0.39, 0.29) is 11.9 Å². The van der Waals surface area contributed by atoms with Crippen LogP contribution in [0.4, 0.5) is 0 Å². The van der Waals surface area contributed by atoms with Crippen LogP contribution in [0.1, 0.15) is 28.9 Å². The molecule has 3 nitrogen and oxygen atoms in total. The van der Waals surface area contributed by atoms with E-state index in [0.717, 1.165) is 5.56 Å². The van der Waals surface area contributed by atoms with Crippen molar-refractivity contribution in [1.82, 2.24) is 10.3 Å². The number of aromatic nitrogens is 1. The Morgan fingerprint density at radius 1 is 1.28 bits per heavy atom. The number of carbonyl (C=O) groups excluding carboxylic acids is 1. The lowest BCUT2D eigenvalue weighted by Gasteiger charge is -2.14. The zero-order valence-corrected chi connectivity index (χ0v) is 10.7. The van der Waals surface area contributed by atoms with Crippen molar-refractivity contribution in [3.05, 3.63) is 64.9 Å². The Morgan fingerprint density at radius 2 is 2.00 bits per heavy atom. The highest BCUT2D eigenvalue weighted by molar-refractivity contribution is 6.33. The normalized spacial score (nSPS) is 11.9. The number of amides is 1. The van der Waals surface area contributed by atoms with E-state index in [0.29, 0.717) is 10.6 Å². The van der Waals surface area contributed by atoms with Gasteiger partial charge < -0.3 is 5.32 Å². The maximum atomic E-state index is 12.0. The summed E-state index contributed by atoms with van der Waals surface area (Å²) in [5.41, 5.74) is 1.44. The highest BCUT2D eigenvalue weighted by atomic mass is 35.5. The van der Waals surface area contributed by atoms with Gasteiger partial charge in [-0.3, -0.25) is 9.78 Å². The van der Waals surface area contributed by atoms with E-state index in [1.165, 1.54) is 6.20 Å². The molecule has 0 radical (unpaired) electrons. The molecule has 2 aromatic rings. The van der Waals surface area contributed by atoms with Gasteiger partial charge >= 0.3 is 0 Å². The fourth-order valence-electron chi connectivity index (χ4n) is 1.64. The summed E-state index contributed by atoms with van der Waals surface area (Å²) in [6.45, 7) is 1.93. The van der Waals surface area contributed by atoms with Crippen LogP contribution >= 0.6 is 11.6 Å². The Morgan fingerprint density at radius 3 is 2.67 bits per heavy atom. The van der Waals surface area contributed by atoms with Crippen LogP contribution in [0.2, 0.25) is 5.02 Å². The van der Waals surface area contributed by atoms with Crippen molar-refractivity contribution < 1.29 is 4.79 Å². The number of carbonyl (C=O) groups is 1. The minimum atomic E-state index is -0.218. The van der Waals surface area contributed by atoms with Crippen molar-refractivity contribution in [2.24, 2.45) is 0 Å². The average Bonchev–Trinajstić information content (AvgIpc) is 2.40. The molecule has 1 heterocycles. The molecule has 0 saturated carbocycles. The molecular weight excluding hydrogens is 248 g/mol. The van der Waals surface area contributed by atoms with Gasteiger partial charge in [-0.15, -0.1) is 0 Å². The molecule has 0 unspecified atom stereocenters. The van der Waals surface area contributed by atoms with Gasteiger partial charge in [-0.1, -0.05) is 41.9 Å². The molecule has 0 saturated heterocycles. The minimum Gasteiger partial charge on any atom is -0.345 e. The van der Waals surface area contributed by atoms with Crippen molar-refractivity contribution in [2.45, 2.75) is 13.0 Å². The SMILES string of the molecule is C[C@@H](NC(=O)c1cnccc1Cl)c1ccccc1. The molecule has 1 N–H and O–H groups in total. The number of benzene rings is 1. The first-order valence-corrected chi connectivity index (χ1v) is 6.01. The molecule has 0 spiro atoms. The van der Waals surface area contributed by atoms with E-state index >= 15 is 0 Å². The summed E-state index contributed by atoms with van der Waals surface area (Å²) in [4.78, 5) is 15.9. The van der Waals surface area contributed by atoms with E-state index < -0.39 is 0 Å². The molecule has 1 aromatic heterocycles. The second-order valence-corrected chi connectivity index (χ2v) is 4.37. The van der Waals surface area contributed by atoms with E-state index in [9.17, 15) is 4.79 Å². The fourth-order valence-corrected chi connectivity index (χ4v) is 1.83. The number of nitrogens with one attached hydrogen (secondary N) is 1. The fraction of sp³-hybridized carbons (Fsp3) is 0.143. The smallest absolute Gasteiger partial charge is 0.254 e. The first kappa shape index (κ1) is 12.6.